The van der Waals surface area contributed by atoms with Gasteiger partial charge in [-0.1, -0.05) is 0 Å². The average molecular weight is 250 g/mol. The lowest BCUT2D eigenvalue weighted by Gasteiger charge is -2.31. The first kappa shape index (κ1) is 13.2. The smallest absolute Gasteiger partial charge is 0.314 e. The van der Waals surface area contributed by atoms with Crippen LogP contribution < -0.4 is 16.2 Å². The van der Waals surface area contributed by atoms with Crippen LogP contribution in [0.1, 0.15) is 12.8 Å². The zero-order valence-corrected chi connectivity index (χ0v) is 9.87. The van der Waals surface area contributed by atoms with Crippen LogP contribution in [0, 0.1) is 0 Å². The van der Waals surface area contributed by atoms with E-state index in [4.69, 9.17) is 10.9 Å². The van der Waals surface area contributed by atoms with E-state index < -0.39 is 16.1 Å². The Morgan fingerprint density at radius 3 is 2.38 bits per heavy atom. The molecule has 1 saturated heterocycles. The van der Waals surface area contributed by atoms with E-state index in [1.807, 2.05) is 0 Å². The van der Waals surface area contributed by atoms with Crippen molar-refractivity contribution in [3.63, 3.8) is 0 Å². The van der Waals surface area contributed by atoms with Crippen LogP contribution in [0.25, 0.3) is 0 Å². The van der Waals surface area contributed by atoms with E-state index in [-0.39, 0.29) is 11.8 Å². The second kappa shape index (κ2) is 5.46. The van der Waals surface area contributed by atoms with Gasteiger partial charge in [-0.15, -0.1) is 0 Å². The van der Waals surface area contributed by atoms with Gasteiger partial charge in [0.15, 0.2) is 0 Å². The summed E-state index contributed by atoms with van der Waals surface area (Å²) >= 11 is 0. The zero-order valence-electron chi connectivity index (χ0n) is 9.05. The summed E-state index contributed by atoms with van der Waals surface area (Å²) in [5.41, 5.74) is 5.14. The number of primary amides is 1. The number of sulfonamides is 1. The Kier molecular flexibility index (Phi) is 4.51. The summed E-state index contributed by atoms with van der Waals surface area (Å²) in [4.78, 5) is 12.4. The monoisotopic (exact) mass is 250 g/mol. The SMILES string of the molecule is NC(=O)N1CCC(NCCS(N)(=O)=O)CC1. The molecule has 0 bridgehead atoms. The molecular formula is C8H18N4O3S. The molecule has 2 amide bonds. The Hall–Kier alpha value is -0.860. The predicted octanol–water partition coefficient (Wildman–Crippen LogP) is -1.59. The van der Waals surface area contributed by atoms with Crippen LogP contribution in [-0.2, 0) is 10.0 Å². The van der Waals surface area contributed by atoms with E-state index in [1.165, 1.54) is 0 Å². The van der Waals surface area contributed by atoms with Gasteiger partial charge in [-0.05, 0) is 12.8 Å². The second-order valence-corrected chi connectivity index (χ2v) is 5.65. The number of nitrogens with two attached hydrogens (primary N) is 2. The van der Waals surface area contributed by atoms with Gasteiger partial charge in [0.25, 0.3) is 0 Å². The van der Waals surface area contributed by atoms with E-state index in [1.54, 1.807) is 4.90 Å². The Morgan fingerprint density at radius 1 is 1.38 bits per heavy atom. The third-order valence-corrected chi connectivity index (χ3v) is 3.40. The fourth-order valence-electron chi connectivity index (χ4n) is 1.71. The van der Waals surface area contributed by atoms with Crippen LogP contribution in [0.15, 0.2) is 0 Å². The summed E-state index contributed by atoms with van der Waals surface area (Å²) in [5.74, 6) is -0.0664. The number of urea groups is 1. The lowest BCUT2D eigenvalue weighted by Crippen LogP contribution is -2.47. The molecule has 16 heavy (non-hydrogen) atoms. The number of hydrogen-bond acceptors (Lipinski definition) is 4. The molecule has 0 radical (unpaired) electrons. The van der Waals surface area contributed by atoms with Crippen LogP contribution in [0.5, 0.6) is 0 Å². The molecule has 7 nitrogen and oxygen atoms in total. The van der Waals surface area contributed by atoms with Crippen molar-refractivity contribution in [3.8, 4) is 0 Å². The van der Waals surface area contributed by atoms with Crippen molar-refractivity contribution in [1.29, 1.82) is 0 Å². The highest BCUT2D eigenvalue weighted by atomic mass is 32.2. The van der Waals surface area contributed by atoms with Gasteiger partial charge in [-0.25, -0.2) is 18.4 Å². The number of nitrogens with zero attached hydrogens (tertiary/aromatic N) is 1. The summed E-state index contributed by atoms with van der Waals surface area (Å²) < 4.78 is 21.4. The number of hydrogen-bond donors (Lipinski definition) is 3. The summed E-state index contributed by atoms with van der Waals surface area (Å²) in [6.07, 6.45) is 1.57. The van der Waals surface area contributed by atoms with E-state index in [0.29, 0.717) is 19.6 Å². The third-order valence-electron chi connectivity index (χ3n) is 2.63. The van der Waals surface area contributed by atoms with Crippen molar-refractivity contribution in [2.45, 2.75) is 18.9 Å². The molecule has 1 heterocycles. The molecule has 0 aromatic rings. The van der Waals surface area contributed by atoms with Gasteiger partial charge in [0.1, 0.15) is 0 Å². The summed E-state index contributed by atoms with van der Waals surface area (Å²) in [6, 6.07) is -0.166. The first-order valence-electron chi connectivity index (χ1n) is 5.17. The summed E-state index contributed by atoms with van der Waals surface area (Å²) in [7, 11) is -3.40. The largest absolute Gasteiger partial charge is 0.351 e. The maximum Gasteiger partial charge on any atom is 0.314 e. The fourth-order valence-corrected chi connectivity index (χ4v) is 2.11. The standard InChI is InChI=1S/C8H18N4O3S/c9-8(13)12-4-1-7(2-5-12)11-3-6-16(10,14)15/h7,11H,1-6H2,(H2,9,13)(H2,10,14,15). The number of piperidine rings is 1. The quantitative estimate of drug-likeness (QED) is 0.557. The number of carbonyl (C=O) groups is 1. The lowest BCUT2D eigenvalue weighted by molar-refractivity contribution is 0.186. The number of nitrogens with one attached hydrogen (secondary N) is 1. The van der Waals surface area contributed by atoms with Gasteiger partial charge in [0, 0.05) is 25.7 Å². The first-order valence-corrected chi connectivity index (χ1v) is 6.88. The van der Waals surface area contributed by atoms with Crippen molar-refractivity contribution >= 4 is 16.1 Å². The van der Waals surface area contributed by atoms with Crippen molar-refractivity contribution in [2.24, 2.45) is 10.9 Å². The highest BCUT2D eigenvalue weighted by Crippen LogP contribution is 2.09. The molecule has 5 N–H and O–H groups in total. The normalized spacial score (nSPS) is 18.7. The van der Waals surface area contributed by atoms with Crippen LogP contribution in [0.2, 0.25) is 0 Å². The van der Waals surface area contributed by atoms with Gasteiger partial charge in [0.2, 0.25) is 10.0 Å². The molecule has 0 atom stereocenters. The van der Waals surface area contributed by atoms with E-state index in [0.717, 1.165) is 12.8 Å². The molecule has 0 aromatic heterocycles. The number of likely N-dealkylation sites (tertiary alicyclic amines) is 1. The number of rotatable bonds is 4. The van der Waals surface area contributed by atoms with Gasteiger partial charge in [-0.2, -0.15) is 0 Å². The molecule has 1 rings (SSSR count). The highest BCUT2D eigenvalue weighted by molar-refractivity contribution is 7.89. The van der Waals surface area contributed by atoms with Crippen molar-refractivity contribution < 1.29 is 13.2 Å². The molecular weight excluding hydrogens is 232 g/mol. The predicted molar refractivity (Wildman–Crippen MR) is 60.2 cm³/mol. The lowest BCUT2D eigenvalue weighted by atomic mass is 10.1. The number of carbonyl (C=O) groups excluding carboxylic acids is 1. The minimum Gasteiger partial charge on any atom is -0.351 e. The molecule has 0 aromatic carbocycles. The van der Waals surface area contributed by atoms with Gasteiger partial charge in [-0.3, -0.25) is 0 Å². The maximum atomic E-state index is 10.8. The van der Waals surface area contributed by atoms with E-state index in [9.17, 15) is 13.2 Å². The molecule has 0 unspecified atom stereocenters. The molecule has 1 fully saturated rings. The summed E-state index contributed by atoms with van der Waals surface area (Å²) in [5, 5.41) is 7.98. The Morgan fingerprint density at radius 2 is 1.94 bits per heavy atom. The average Bonchev–Trinajstić information content (AvgIpc) is 2.16. The van der Waals surface area contributed by atoms with Crippen LogP contribution in [-0.4, -0.2) is 50.8 Å². The van der Waals surface area contributed by atoms with Crippen molar-refractivity contribution in [2.75, 3.05) is 25.4 Å². The van der Waals surface area contributed by atoms with E-state index >= 15 is 0 Å². The Labute approximate surface area is 95.2 Å². The molecule has 1 aliphatic rings. The van der Waals surface area contributed by atoms with Gasteiger partial charge in [0.05, 0.1) is 5.75 Å². The highest BCUT2D eigenvalue weighted by Gasteiger charge is 2.20. The van der Waals surface area contributed by atoms with Crippen molar-refractivity contribution in [1.82, 2.24) is 10.2 Å². The molecule has 8 heteroatoms. The van der Waals surface area contributed by atoms with Crippen LogP contribution in [0.3, 0.4) is 0 Å². The second-order valence-electron chi connectivity index (χ2n) is 3.92. The molecule has 0 spiro atoms. The van der Waals surface area contributed by atoms with Crippen molar-refractivity contribution in [3.05, 3.63) is 0 Å². The molecule has 0 aliphatic carbocycles. The molecule has 94 valence electrons. The van der Waals surface area contributed by atoms with Crippen LogP contribution in [0.4, 0.5) is 4.79 Å². The number of primary sulfonamides is 1. The Balaban J connectivity index is 2.20. The van der Waals surface area contributed by atoms with E-state index in [2.05, 4.69) is 5.32 Å². The topological polar surface area (TPSA) is 119 Å². The van der Waals surface area contributed by atoms with Gasteiger partial charge < -0.3 is 16.0 Å². The van der Waals surface area contributed by atoms with Crippen LogP contribution >= 0.6 is 0 Å². The maximum absolute atomic E-state index is 10.8. The van der Waals surface area contributed by atoms with Gasteiger partial charge >= 0.3 is 6.03 Å². The molecule has 1 aliphatic heterocycles. The fraction of sp³-hybridized carbons (Fsp3) is 0.875. The third kappa shape index (κ3) is 4.77. The first-order chi connectivity index (χ1) is 7.38. The zero-order chi connectivity index (χ0) is 12.2. The minimum absolute atomic E-state index is 0.0664. The number of amides is 2. The summed E-state index contributed by atoms with van der Waals surface area (Å²) in [6.45, 7) is 1.57. The minimum atomic E-state index is -3.40. The molecule has 0 saturated carbocycles. The Bertz CT molecular complexity index is 335.